The number of benzene rings is 7. The molecular weight excluding hydrogens is 599 g/mol. The van der Waals surface area contributed by atoms with Gasteiger partial charge in [0.25, 0.3) is 0 Å². The summed E-state index contributed by atoms with van der Waals surface area (Å²) in [5, 5.41) is 2.15. The van der Waals surface area contributed by atoms with Gasteiger partial charge in [-0.3, -0.25) is 0 Å². The first-order chi connectivity index (χ1) is 24.3. The Morgan fingerprint density at radius 3 is 1.31 bits per heavy atom. The van der Waals surface area contributed by atoms with Crippen molar-refractivity contribution in [1.82, 2.24) is 15.0 Å². The second-order valence-electron chi connectivity index (χ2n) is 12.0. The molecule has 0 radical (unpaired) electrons. The maximum absolute atomic E-state index is 6.49. The van der Waals surface area contributed by atoms with Gasteiger partial charge in [-0.1, -0.05) is 158 Å². The molecule has 0 aliphatic rings. The number of hydrogen-bond donors (Lipinski definition) is 0. The maximum atomic E-state index is 6.49. The van der Waals surface area contributed by atoms with Crippen molar-refractivity contribution in [3.05, 3.63) is 176 Å². The predicted octanol–water partition coefficient (Wildman–Crippen LogP) is 11.8. The first-order valence-corrected chi connectivity index (χ1v) is 16.4. The van der Waals surface area contributed by atoms with Gasteiger partial charge in [-0.15, -0.1) is 0 Å². The van der Waals surface area contributed by atoms with Crippen molar-refractivity contribution >= 4 is 21.9 Å². The standard InChI is InChI=1S/C45H29N3O/c1-4-15-30(16-5-1)34-21-10-12-23-37(34)44-46-43(47-45(48-44)38-24-13-11-22-35(38)31-17-6-2-7-18-31)33-27-28-39-41(29-33)49-40-26-14-25-36(42(39)40)32-19-8-3-9-20-32/h1-29H. The van der Waals surface area contributed by atoms with Crippen molar-refractivity contribution in [2.24, 2.45) is 0 Å². The molecule has 230 valence electrons. The summed E-state index contributed by atoms with van der Waals surface area (Å²) in [6, 6.07) is 60.3. The number of furan rings is 1. The van der Waals surface area contributed by atoms with Gasteiger partial charge in [0.15, 0.2) is 17.5 Å². The van der Waals surface area contributed by atoms with Gasteiger partial charge in [0.2, 0.25) is 0 Å². The summed E-state index contributed by atoms with van der Waals surface area (Å²) in [5.74, 6) is 1.80. The minimum atomic E-state index is 0.580. The van der Waals surface area contributed by atoms with Crippen LogP contribution in [0.4, 0.5) is 0 Å². The van der Waals surface area contributed by atoms with E-state index in [9.17, 15) is 0 Å². The Labute approximate surface area is 284 Å². The summed E-state index contributed by atoms with van der Waals surface area (Å²) < 4.78 is 6.49. The highest BCUT2D eigenvalue weighted by atomic mass is 16.3. The SMILES string of the molecule is c1ccc(-c2ccccc2-c2nc(-c3ccc4c(c3)oc3cccc(-c5ccccc5)c34)nc(-c3ccccc3-c3ccccc3)n2)cc1. The molecule has 7 aromatic carbocycles. The van der Waals surface area contributed by atoms with Crippen molar-refractivity contribution < 1.29 is 4.42 Å². The topological polar surface area (TPSA) is 51.8 Å². The third-order valence-corrected chi connectivity index (χ3v) is 8.98. The summed E-state index contributed by atoms with van der Waals surface area (Å²) in [6.45, 7) is 0. The number of nitrogens with zero attached hydrogens (tertiary/aromatic N) is 3. The highest BCUT2D eigenvalue weighted by molar-refractivity contribution is 6.13. The lowest BCUT2D eigenvalue weighted by Gasteiger charge is -2.14. The Morgan fingerprint density at radius 1 is 0.306 bits per heavy atom. The molecular formula is C45H29N3O. The lowest BCUT2D eigenvalue weighted by molar-refractivity contribution is 0.669. The van der Waals surface area contributed by atoms with Gasteiger partial charge < -0.3 is 4.42 Å². The van der Waals surface area contributed by atoms with Gasteiger partial charge in [-0.05, 0) is 51.6 Å². The van der Waals surface area contributed by atoms with Crippen LogP contribution in [-0.2, 0) is 0 Å². The zero-order valence-corrected chi connectivity index (χ0v) is 26.5. The van der Waals surface area contributed by atoms with Gasteiger partial charge in [0, 0.05) is 27.5 Å². The Morgan fingerprint density at radius 2 is 0.755 bits per heavy atom. The predicted molar refractivity (Wildman–Crippen MR) is 200 cm³/mol. The monoisotopic (exact) mass is 627 g/mol. The fourth-order valence-electron chi connectivity index (χ4n) is 6.66. The molecule has 0 N–H and O–H groups in total. The molecule has 0 fully saturated rings. The van der Waals surface area contributed by atoms with Crippen molar-refractivity contribution in [2.75, 3.05) is 0 Å². The van der Waals surface area contributed by atoms with E-state index in [1.807, 2.05) is 42.5 Å². The van der Waals surface area contributed by atoms with Crippen LogP contribution in [0.5, 0.6) is 0 Å². The first-order valence-electron chi connectivity index (χ1n) is 16.4. The lowest BCUT2D eigenvalue weighted by atomic mass is 9.98. The van der Waals surface area contributed by atoms with E-state index in [0.717, 1.165) is 72.0 Å². The fraction of sp³-hybridized carbons (Fsp3) is 0. The quantitative estimate of drug-likeness (QED) is 0.184. The number of rotatable bonds is 6. The molecule has 9 aromatic rings. The maximum Gasteiger partial charge on any atom is 0.164 e. The Hall–Kier alpha value is -6.65. The van der Waals surface area contributed by atoms with Crippen molar-refractivity contribution in [1.29, 1.82) is 0 Å². The van der Waals surface area contributed by atoms with Gasteiger partial charge in [-0.25, -0.2) is 15.0 Å². The molecule has 9 rings (SSSR count). The van der Waals surface area contributed by atoms with Crippen LogP contribution in [0.1, 0.15) is 0 Å². The van der Waals surface area contributed by atoms with E-state index in [-0.39, 0.29) is 0 Å². The fourth-order valence-corrected chi connectivity index (χ4v) is 6.66. The van der Waals surface area contributed by atoms with Gasteiger partial charge in [0.05, 0.1) is 0 Å². The zero-order valence-electron chi connectivity index (χ0n) is 26.5. The van der Waals surface area contributed by atoms with Gasteiger partial charge in [-0.2, -0.15) is 0 Å². The van der Waals surface area contributed by atoms with Crippen molar-refractivity contribution in [3.8, 4) is 67.5 Å². The second-order valence-corrected chi connectivity index (χ2v) is 12.0. The van der Waals surface area contributed by atoms with Crippen LogP contribution in [0.2, 0.25) is 0 Å². The average molecular weight is 628 g/mol. The van der Waals surface area contributed by atoms with E-state index < -0.39 is 0 Å². The largest absolute Gasteiger partial charge is 0.456 e. The Balaban J connectivity index is 1.26. The summed E-state index contributed by atoms with van der Waals surface area (Å²) >= 11 is 0. The van der Waals surface area contributed by atoms with Crippen molar-refractivity contribution in [2.45, 2.75) is 0 Å². The molecule has 0 saturated carbocycles. The molecule has 0 atom stereocenters. The van der Waals surface area contributed by atoms with Gasteiger partial charge >= 0.3 is 0 Å². The number of aromatic nitrogens is 3. The average Bonchev–Trinajstić information content (AvgIpc) is 3.57. The van der Waals surface area contributed by atoms with E-state index in [4.69, 9.17) is 19.4 Å². The molecule has 2 aromatic heterocycles. The van der Waals surface area contributed by atoms with Crippen LogP contribution >= 0.6 is 0 Å². The molecule has 0 bridgehead atoms. The van der Waals surface area contributed by atoms with E-state index in [1.54, 1.807) is 0 Å². The Bertz CT molecular complexity index is 2490. The zero-order chi connectivity index (χ0) is 32.6. The second kappa shape index (κ2) is 12.2. The van der Waals surface area contributed by atoms with E-state index in [1.165, 1.54) is 0 Å². The summed E-state index contributed by atoms with van der Waals surface area (Å²) in [7, 11) is 0. The van der Waals surface area contributed by atoms with Crippen LogP contribution in [-0.4, -0.2) is 15.0 Å². The normalized spacial score (nSPS) is 11.3. The third kappa shape index (κ3) is 5.26. The van der Waals surface area contributed by atoms with Crippen LogP contribution in [0.3, 0.4) is 0 Å². The van der Waals surface area contributed by atoms with Crippen LogP contribution < -0.4 is 0 Å². The molecule has 0 aliphatic carbocycles. The molecule has 2 heterocycles. The summed E-state index contributed by atoms with van der Waals surface area (Å²) in [4.78, 5) is 15.5. The number of fused-ring (bicyclic) bond motifs is 3. The van der Waals surface area contributed by atoms with Gasteiger partial charge in [0.1, 0.15) is 11.2 Å². The summed E-state index contributed by atoms with van der Waals surface area (Å²) in [6.07, 6.45) is 0. The molecule has 0 amide bonds. The molecule has 49 heavy (non-hydrogen) atoms. The minimum absolute atomic E-state index is 0.580. The lowest BCUT2D eigenvalue weighted by Crippen LogP contribution is -2.02. The van der Waals surface area contributed by atoms with E-state index >= 15 is 0 Å². The highest BCUT2D eigenvalue weighted by Crippen LogP contribution is 2.39. The van der Waals surface area contributed by atoms with Crippen LogP contribution in [0, 0.1) is 0 Å². The third-order valence-electron chi connectivity index (χ3n) is 8.98. The molecule has 4 nitrogen and oxygen atoms in total. The molecule has 4 heteroatoms. The molecule has 0 spiro atoms. The van der Waals surface area contributed by atoms with Crippen molar-refractivity contribution in [3.63, 3.8) is 0 Å². The first kappa shape index (κ1) is 28.6. The van der Waals surface area contributed by atoms with E-state index in [2.05, 4.69) is 133 Å². The number of hydrogen-bond acceptors (Lipinski definition) is 4. The highest BCUT2D eigenvalue weighted by Gasteiger charge is 2.19. The molecule has 0 saturated heterocycles. The minimum Gasteiger partial charge on any atom is -0.456 e. The smallest absolute Gasteiger partial charge is 0.164 e. The Kier molecular flexibility index (Phi) is 7.10. The van der Waals surface area contributed by atoms with Crippen LogP contribution in [0.15, 0.2) is 180 Å². The summed E-state index contributed by atoms with van der Waals surface area (Å²) in [5.41, 5.74) is 11.0. The molecule has 0 unspecified atom stereocenters. The van der Waals surface area contributed by atoms with E-state index in [0.29, 0.717) is 17.5 Å². The molecule has 0 aliphatic heterocycles. The van der Waals surface area contributed by atoms with Crippen LogP contribution in [0.25, 0.3) is 89.5 Å².